The van der Waals surface area contributed by atoms with E-state index in [0.29, 0.717) is 17.1 Å². The average Bonchev–Trinajstić information content (AvgIpc) is 2.74. The van der Waals surface area contributed by atoms with Crippen LogP contribution in [0.25, 0.3) is 0 Å². The summed E-state index contributed by atoms with van der Waals surface area (Å²) in [5, 5.41) is 20.4. The number of hydrogen-bond donors (Lipinski definition) is 2. The topological polar surface area (TPSA) is 71.0 Å². The summed E-state index contributed by atoms with van der Waals surface area (Å²) in [5.41, 5.74) is 11.5. The van der Waals surface area contributed by atoms with Gasteiger partial charge in [-0.2, -0.15) is 0 Å². The minimum atomic E-state index is -0.425. The molecule has 3 aromatic rings. The Morgan fingerprint density at radius 3 is 2.00 bits per heavy atom. The number of phenols is 1. The fraction of sp³-hybridized carbons (Fsp3) is 0.400. The van der Waals surface area contributed by atoms with Gasteiger partial charge in [0.05, 0.1) is 5.69 Å². The second kappa shape index (κ2) is 9.25. The molecule has 0 saturated carbocycles. The van der Waals surface area contributed by atoms with E-state index in [0.717, 1.165) is 28.7 Å². The van der Waals surface area contributed by atoms with Crippen molar-refractivity contribution in [3.05, 3.63) is 82.9 Å². The number of nitrogen functional groups attached to an aromatic ring is 1. The smallest absolute Gasteiger partial charge is 0.147 e. The minimum Gasteiger partial charge on any atom is -0.505 e. The molecule has 3 aromatic carbocycles. The first-order valence-corrected chi connectivity index (χ1v) is 11.9. The Labute approximate surface area is 205 Å². The van der Waals surface area contributed by atoms with E-state index in [9.17, 15) is 5.11 Å². The molecule has 4 heteroatoms. The molecule has 0 aliphatic rings. The molecule has 0 saturated heterocycles. The van der Waals surface area contributed by atoms with Crippen molar-refractivity contribution >= 4 is 17.1 Å². The molecule has 0 unspecified atom stereocenters. The summed E-state index contributed by atoms with van der Waals surface area (Å²) in [6.07, 6.45) is 0.984. The highest BCUT2D eigenvalue weighted by atomic mass is 16.3. The van der Waals surface area contributed by atoms with E-state index in [2.05, 4.69) is 76.9 Å². The van der Waals surface area contributed by atoms with Crippen LogP contribution in [-0.4, -0.2) is 5.11 Å². The maximum Gasteiger partial charge on any atom is 0.147 e. The van der Waals surface area contributed by atoms with Gasteiger partial charge in [0.2, 0.25) is 0 Å². The van der Waals surface area contributed by atoms with Gasteiger partial charge in [-0.3, -0.25) is 0 Å². The largest absolute Gasteiger partial charge is 0.505 e. The van der Waals surface area contributed by atoms with Crippen molar-refractivity contribution in [2.24, 2.45) is 15.6 Å². The van der Waals surface area contributed by atoms with E-state index < -0.39 is 5.41 Å². The van der Waals surface area contributed by atoms with E-state index in [1.807, 2.05) is 49.4 Å². The molecule has 34 heavy (non-hydrogen) atoms. The zero-order valence-electron chi connectivity index (χ0n) is 21.9. The molecular formula is C30H39N3O. The number of nitrogens with two attached hydrogens (primary N) is 1. The number of phenolic OH excluding ortho intramolecular Hbond substituents is 1. The molecule has 0 aliphatic heterocycles. The second-order valence-electron chi connectivity index (χ2n) is 11.8. The van der Waals surface area contributed by atoms with Crippen LogP contribution in [-0.2, 0) is 10.8 Å². The molecule has 0 spiro atoms. The van der Waals surface area contributed by atoms with Gasteiger partial charge in [0, 0.05) is 11.0 Å². The maximum absolute atomic E-state index is 11.4. The van der Waals surface area contributed by atoms with Crippen LogP contribution in [0.1, 0.15) is 77.1 Å². The van der Waals surface area contributed by atoms with Crippen LogP contribution >= 0.6 is 0 Å². The van der Waals surface area contributed by atoms with Crippen molar-refractivity contribution in [3.63, 3.8) is 0 Å². The van der Waals surface area contributed by atoms with Gasteiger partial charge in [0.1, 0.15) is 17.1 Å². The van der Waals surface area contributed by atoms with Crippen LogP contribution in [0.15, 0.2) is 70.9 Å². The highest BCUT2D eigenvalue weighted by Crippen LogP contribution is 2.46. The summed E-state index contributed by atoms with van der Waals surface area (Å²) in [6.45, 7) is 17.5. The first kappa shape index (κ1) is 25.5. The third-order valence-corrected chi connectivity index (χ3v) is 6.46. The SMILES string of the molecule is Cc1ccc(N)c(N=Nc2cc(C(C)(C)CC(C)(C)C)cc(C(C)(C)c3ccccc3)c2O)c1. The quantitative estimate of drug-likeness (QED) is 0.287. The van der Waals surface area contributed by atoms with E-state index in [1.165, 1.54) is 0 Å². The molecule has 0 amide bonds. The van der Waals surface area contributed by atoms with Gasteiger partial charge in [-0.05, 0) is 59.1 Å². The van der Waals surface area contributed by atoms with Gasteiger partial charge >= 0.3 is 0 Å². The predicted octanol–water partition coefficient (Wildman–Crippen LogP) is 8.74. The van der Waals surface area contributed by atoms with Gasteiger partial charge in [0.25, 0.3) is 0 Å². The number of benzene rings is 3. The number of rotatable bonds is 6. The fourth-order valence-electron chi connectivity index (χ4n) is 4.85. The molecule has 0 aliphatic carbocycles. The normalized spacial score (nSPS) is 12.9. The zero-order valence-corrected chi connectivity index (χ0v) is 21.9. The number of anilines is 1. The Kier molecular flexibility index (Phi) is 6.93. The third kappa shape index (κ3) is 5.67. The molecule has 0 fully saturated rings. The van der Waals surface area contributed by atoms with Crippen molar-refractivity contribution in [2.45, 2.75) is 72.6 Å². The van der Waals surface area contributed by atoms with Crippen molar-refractivity contribution < 1.29 is 5.11 Å². The Bertz CT molecular complexity index is 1190. The van der Waals surface area contributed by atoms with Crippen LogP contribution in [0.3, 0.4) is 0 Å². The summed E-state index contributed by atoms with van der Waals surface area (Å²) < 4.78 is 0. The van der Waals surface area contributed by atoms with Gasteiger partial charge in [-0.25, -0.2) is 0 Å². The molecule has 0 bridgehead atoms. The standard InChI is InChI=1S/C30H39N3O/c1-20-14-15-24(31)25(16-20)32-33-26-18-22(29(5,6)19-28(2,3)4)17-23(27(26)34)30(7,8)21-12-10-9-11-13-21/h9-18,34H,19,31H2,1-8H3. The van der Waals surface area contributed by atoms with E-state index in [1.54, 1.807) is 0 Å². The second-order valence-corrected chi connectivity index (χ2v) is 11.8. The molecular weight excluding hydrogens is 418 g/mol. The van der Waals surface area contributed by atoms with Crippen molar-refractivity contribution in [1.82, 2.24) is 0 Å². The lowest BCUT2D eigenvalue weighted by atomic mass is 9.70. The molecule has 0 heterocycles. The Morgan fingerprint density at radius 2 is 1.38 bits per heavy atom. The first-order chi connectivity index (χ1) is 15.7. The molecule has 3 rings (SSSR count). The van der Waals surface area contributed by atoms with E-state index in [4.69, 9.17) is 5.73 Å². The summed E-state index contributed by atoms with van der Waals surface area (Å²) >= 11 is 0. The Morgan fingerprint density at radius 1 is 0.765 bits per heavy atom. The van der Waals surface area contributed by atoms with E-state index >= 15 is 0 Å². The van der Waals surface area contributed by atoms with Crippen LogP contribution in [0.4, 0.5) is 17.1 Å². The lowest BCUT2D eigenvalue weighted by molar-refractivity contribution is 0.283. The lowest BCUT2D eigenvalue weighted by Crippen LogP contribution is -2.26. The summed E-state index contributed by atoms with van der Waals surface area (Å²) in [7, 11) is 0. The van der Waals surface area contributed by atoms with Crippen molar-refractivity contribution in [3.8, 4) is 5.75 Å². The van der Waals surface area contributed by atoms with Gasteiger partial charge in [0.15, 0.2) is 0 Å². The number of hydrogen-bond acceptors (Lipinski definition) is 4. The number of aromatic hydroxyl groups is 1. The molecule has 3 N–H and O–H groups in total. The minimum absolute atomic E-state index is 0.125. The fourth-order valence-corrected chi connectivity index (χ4v) is 4.85. The van der Waals surface area contributed by atoms with Gasteiger partial charge in [-0.15, -0.1) is 10.2 Å². The number of nitrogens with zero attached hydrogens (tertiary/aromatic N) is 2. The highest BCUT2D eigenvalue weighted by molar-refractivity contribution is 5.65. The third-order valence-electron chi connectivity index (χ3n) is 6.46. The summed E-state index contributed by atoms with van der Waals surface area (Å²) in [6, 6.07) is 20.1. The molecule has 4 nitrogen and oxygen atoms in total. The van der Waals surface area contributed by atoms with Gasteiger partial charge < -0.3 is 10.8 Å². The highest BCUT2D eigenvalue weighted by Gasteiger charge is 2.33. The molecule has 180 valence electrons. The van der Waals surface area contributed by atoms with E-state index in [-0.39, 0.29) is 16.6 Å². The molecule has 0 atom stereocenters. The summed E-state index contributed by atoms with van der Waals surface area (Å²) in [5.74, 6) is 0.152. The predicted molar refractivity (Wildman–Crippen MR) is 144 cm³/mol. The monoisotopic (exact) mass is 457 g/mol. The van der Waals surface area contributed by atoms with Crippen LogP contribution in [0.2, 0.25) is 0 Å². The Balaban J connectivity index is 2.21. The number of azo groups is 1. The average molecular weight is 458 g/mol. The van der Waals surface area contributed by atoms with Crippen LogP contribution in [0.5, 0.6) is 5.75 Å². The van der Waals surface area contributed by atoms with Gasteiger partial charge in [-0.1, -0.05) is 90.9 Å². The van der Waals surface area contributed by atoms with Crippen LogP contribution in [0, 0.1) is 12.3 Å². The molecule has 0 aromatic heterocycles. The van der Waals surface area contributed by atoms with Crippen molar-refractivity contribution in [1.29, 1.82) is 0 Å². The van der Waals surface area contributed by atoms with Crippen LogP contribution < -0.4 is 5.73 Å². The molecule has 0 radical (unpaired) electrons. The lowest BCUT2D eigenvalue weighted by Gasteiger charge is -2.35. The Hall–Kier alpha value is -3.14. The zero-order chi connectivity index (χ0) is 25.3. The summed E-state index contributed by atoms with van der Waals surface area (Å²) in [4.78, 5) is 0. The maximum atomic E-state index is 11.4. The number of aryl methyl sites for hydroxylation is 1. The van der Waals surface area contributed by atoms with Crippen molar-refractivity contribution in [2.75, 3.05) is 5.73 Å². The first-order valence-electron chi connectivity index (χ1n) is 11.9.